The Labute approximate surface area is 83.8 Å². The number of hydrogen-bond donors (Lipinski definition) is 0. The topological polar surface area (TPSA) is 18.5 Å². The molecule has 80 valence electrons. The van der Waals surface area contributed by atoms with E-state index in [-0.39, 0.29) is 14.3 Å². The van der Waals surface area contributed by atoms with Gasteiger partial charge in [-0.25, -0.2) is 0 Å². The van der Waals surface area contributed by atoms with Gasteiger partial charge in [0.2, 0.25) is 0 Å². The molecule has 0 aromatic heterocycles. The molecular formula is C10H23O2P. The van der Waals surface area contributed by atoms with E-state index in [2.05, 4.69) is 34.1 Å². The molecule has 0 aromatic carbocycles. The van der Waals surface area contributed by atoms with Crippen LogP contribution in [0.5, 0.6) is 0 Å². The second-order valence-corrected chi connectivity index (χ2v) is 5.38. The number of rotatable bonds is 7. The van der Waals surface area contributed by atoms with Crippen molar-refractivity contribution in [2.75, 3.05) is 19.9 Å². The fraction of sp³-hybridized carbons (Fsp3) is 1.00. The zero-order chi connectivity index (χ0) is 10.3. The highest BCUT2D eigenvalue weighted by atomic mass is 31.1. The molecular weight excluding hydrogens is 183 g/mol. The number of hydrogen-bond acceptors (Lipinski definition) is 2. The Hall–Kier alpha value is 0.350. The summed E-state index contributed by atoms with van der Waals surface area (Å²) in [6.07, 6.45) is 2.74. The first-order valence-corrected chi connectivity index (χ1v) is 7.21. The molecule has 0 saturated heterocycles. The van der Waals surface area contributed by atoms with E-state index in [1.54, 1.807) is 0 Å². The molecule has 2 unspecified atom stereocenters. The average Bonchev–Trinajstić information content (AvgIpc) is 2.11. The van der Waals surface area contributed by atoms with Crippen LogP contribution in [0.25, 0.3) is 0 Å². The summed E-state index contributed by atoms with van der Waals surface area (Å²) in [5.74, 6) is 0. The molecule has 0 aliphatic rings. The maximum absolute atomic E-state index is 5.78. The molecule has 0 N–H and O–H groups in total. The van der Waals surface area contributed by atoms with E-state index in [4.69, 9.17) is 9.26 Å². The Balaban J connectivity index is 3.62. The summed E-state index contributed by atoms with van der Waals surface area (Å²) < 4.78 is 11.4. The molecule has 0 aromatic rings. The van der Waals surface area contributed by atoms with Crippen molar-refractivity contribution in [3.05, 3.63) is 0 Å². The van der Waals surface area contributed by atoms with Crippen LogP contribution in [0.3, 0.4) is 0 Å². The Morgan fingerprint density at radius 2 is 1.77 bits per heavy atom. The molecule has 0 spiro atoms. The third kappa shape index (κ3) is 7.42. The van der Waals surface area contributed by atoms with E-state index in [1.165, 1.54) is 0 Å². The summed E-state index contributed by atoms with van der Waals surface area (Å²) in [7, 11) is -0.248. The molecule has 0 aliphatic heterocycles. The Morgan fingerprint density at radius 1 is 1.15 bits per heavy atom. The second-order valence-electron chi connectivity index (χ2n) is 3.49. The van der Waals surface area contributed by atoms with Crippen molar-refractivity contribution in [2.45, 2.75) is 45.8 Å². The SMILES string of the molecule is CCC(C)OC(CC)COP(C)C. The standard InChI is InChI=1S/C10H23O2P/c1-6-9(3)12-10(7-2)8-11-13(4)5/h9-10H,6-8H2,1-5H3. The maximum Gasteiger partial charge on any atom is 0.0812 e. The van der Waals surface area contributed by atoms with Gasteiger partial charge < -0.3 is 9.26 Å². The summed E-state index contributed by atoms with van der Waals surface area (Å²) in [6.45, 7) is 11.4. The van der Waals surface area contributed by atoms with Gasteiger partial charge in [0.1, 0.15) is 0 Å². The highest BCUT2D eigenvalue weighted by Gasteiger charge is 2.11. The van der Waals surface area contributed by atoms with Crippen LogP contribution in [0.4, 0.5) is 0 Å². The smallest absolute Gasteiger partial charge is 0.0812 e. The van der Waals surface area contributed by atoms with E-state index in [9.17, 15) is 0 Å². The van der Waals surface area contributed by atoms with Crippen LogP contribution < -0.4 is 0 Å². The number of ether oxygens (including phenoxy) is 1. The zero-order valence-corrected chi connectivity index (χ0v) is 10.4. The lowest BCUT2D eigenvalue weighted by Crippen LogP contribution is -2.23. The van der Waals surface area contributed by atoms with Gasteiger partial charge in [0.05, 0.1) is 18.8 Å². The van der Waals surface area contributed by atoms with Crippen LogP contribution >= 0.6 is 8.15 Å². The molecule has 0 radical (unpaired) electrons. The van der Waals surface area contributed by atoms with E-state index < -0.39 is 0 Å². The molecule has 0 amide bonds. The third-order valence-corrected chi connectivity index (χ3v) is 2.64. The Bertz CT molecular complexity index is 117. The summed E-state index contributed by atoms with van der Waals surface area (Å²) in [6, 6.07) is 0. The largest absolute Gasteiger partial charge is 0.373 e. The molecule has 0 aliphatic carbocycles. The van der Waals surface area contributed by atoms with Gasteiger partial charge in [0, 0.05) is 8.15 Å². The lowest BCUT2D eigenvalue weighted by atomic mass is 10.2. The fourth-order valence-electron chi connectivity index (χ4n) is 0.910. The maximum atomic E-state index is 5.78. The average molecular weight is 206 g/mol. The van der Waals surface area contributed by atoms with E-state index in [0.717, 1.165) is 19.4 Å². The van der Waals surface area contributed by atoms with Crippen LogP contribution in [0.15, 0.2) is 0 Å². The minimum Gasteiger partial charge on any atom is -0.373 e. The fourth-order valence-corrected chi connectivity index (χ4v) is 1.37. The van der Waals surface area contributed by atoms with Gasteiger partial charge >= 0.3 is 0 Å². The van der Waals surface area contributed by atoms with Gasteiger partial charge in [-0.2, -0.15) is 0 Å². The molecule has 3 heteroatoms. The third-order valence-electron chi connectivity index (χ3n) is 1.97. The lowest BCUT2D eigenvalue weighted by Gasteiger charge is -2.21. The molecule has 2 atom stereocenters. The van der Waals surface area contributed by atoms with E-state index >= 15 is 0 Å². The quantitative estimate of drug-likeness (QED) is 0.595. The first-order valence-electron chi connectivity index (χ1n) is 5.05. The van der Waals surface area contributed by atoms with Gasteiger partial charge in [-0.3, -0.25) is 0 Å². The highest BCUT2D eigenvalue weighted by molar-refractivity contribution is 7.50. The molecule has 2 nitrogen and oxygen atoms in total. The predicted octanol–water partition coefficient (Wildman–Crippen LogP) is 3.25. The van der Waals surface area contributed by atoms with Crippen molar-refractivity contribution in [1.29, 1.82) is 0 Å². The first-order chi connectivity index (χ1) is 6.10. The summed E-state index contributed by atoms with van der Waals surface area (Å²) in [5.41, 5.74) is 0. The summed E-state index contributed by atoms with van der Waals surface area (Å²) >= 11 is 0. The summed E-state index contributed by atoms with van der Waals surface area (Å²) in [4.78, 5) is 0. The van der Waals surface area contributed by atoms with Crippen molar-refractivity contribution < 1.29 is 9.26 Å². The molecule has 13 heavy (non-hydrogen) atoms. The van der Waals surface area contributed by atoms with Crippen LogP contribution in [0, 0.1) is 0 Å². The molecule has 0 bridgehead atoms. The van der Waals surface area contributed by atoms with Gasteiger partial charge in [0.15, 0.2) is 0 Å². The predicted molar refractivity (Wildman–Crippen MR) is 59.6 cm³/mol. The van der Waals surface area contributed by atoms with Gasteiger partial charge in [-0.15, -0.1) is 0 Å². The molecule has 0 saturated carbocycles. The Morgan fingerprint density at radius 3 is 2.15 bits per heavy atom. The minimum absolute atomic E-state index is 0.248. The minimum atomic E-state index is -0.248. The van der Waals surface area contributed by atoms with Crippen LogP contribution in [-0.4, -0.2) is 32.1 Å². The second kappa shape index (κ2) is 7.73. The van der Waals surface area contributed by atoms with Crippen LogP contribution in [0.1, 0.15) is 33.6 Å². The molecule has 0 rings (SSSR count). The highest BCUT2D eigenvalue weighted by Crippen LogP contribution is 2.26. The van der Waals surface area contributed by atoms with Gasteiger partial charge in [0.25, 0.3) is 0 Å². The van der Waals surface area contributed by atoms with Crippen molar-refractivity contribution in [1.82, 2.24) is 0 Å². The first kappa shape index (κ1) is 13.4. The van der Waals surface area contributed by atoms with Crippen molar-refractivity contribution in [3.63, 3.8) is 0 Å². The van der Waals surface area contributed by atoms with Crippen molar-refractivity contribution >= 4 is 8.15 Å². The summed E-state index contributed by atoms with van der Waals surface area (Å²) in [5, 5.41) is 0. The molecule has 0 heterocycles. The lowest BCUT2D eigenvalue weighted by molar-refractivity contribution is -0.0262. The Kier molecular flexibility index (Phi) is 7.93. The van der Waals surface area contributed by atoms with Gasteiger partial charge in [-0.1, -0.05) is 13.8 Å². The van der Waals surface area contributed by atoms with Crippen molar-refractivity contribution in [3.8, 4) is 0 Å². The molecule has 0 fully saturated rings. The normalized spacial score (nSPS) is 16.2. The van der Waals surface area contributed by atoms with E-state index in [1.807, 2.05) is 0 Å². The zero-order valence-electron chi connectivity index (χ0n) is 9.54. The van der Waals surface area contributed by atoms with E-state index in [0.29, 0.717) is 6.10 Å². The van der Waals surface area contributed by atoms with Crippen LogP contribution in [0.2, 0.25) is 0 Å². The van der Waals surface area contributed by atoms with Gasteiger partial charge in [-0.05, 0) is 33.1 Å². The van der Waals surface area contributed by atoms with Crippen molar-refractivity contribution in [2.24, 2.45) is 0 Å². The monoisotopic (exact) mass is 206 g/mol. The van der Waals surface area contributed by atoms with Crippen LogP contribution in [-0.2, 0) is 9.26 Å².